The van der Waals surface area contributed by atoms with Crippen LogP contribution in [-0.4, -0.2) is 34.2 Å². The maximum Gasteiger partial charge on any atom is 0.417 e. The van der Waals surface area contributed by atoms with Gasteiger partial charge in [-0.25, -0.2) is 4.98 Å². The van der Waals surface area contributed by atoms with E-state index in [4.69, 9.17) is 9.26 Å². The highest BCUT2D eigenvalue weighted by atomic mass is 32.1. The van der Waals surface area contributed by atoms with Gasteiger partial charge in [-0.15, -0.1) is 0 Å². The number of nitrogens with zero attached hydrogens (tertiary/aromatic N) is 4. The SMILES string of the molecule is O=C(OCc1nc(-c2ccsc2)no1)C1CCN(c2ccc(C(F)(F)F)cn2)CC1. The Labute approximate surface area is 173 Å². The Balaban J connectivity index is 1.26. The van der Waals surface area contributed by atoms with Crippen molar-refractivity contribution in [3.05, 3.63) is 46.6 Å². The van der Waals surface area contributed by atoms with Crippen LogP contribution >= 0.6 is 11.3 Å². The van der Waals surface area contributed by atoms with E-state index in [1.54, 1.807) is 0 Å². The van der Waals surface area contributed by atoms with Gasteiger partial charge in [0.1, 0.15) is 5.82 Å². The fraction of sp³-hybridized carbons (Fsp3) is 0.368. The number of pyridine rings is 1. The van der Waals surface area contributed by atoms with Gasteiger partial charge in [-0.2, -0.15) is 29.5 Å². The number of rotatable bonds is 5. The van der Waals surface area contributed by atoms with E-state index in [9.17, 15) is 18.0 Å². The average molecular weight is 438 g/mol. The van der Waals surface area contributed by atoms with E-state index in [1.807, 2.05) is 21.7 Å². The van der Waals surface area contributed by atoms with Gasteiger partial charge in [-0.1, -0.05) is 5.16 Å². The number of alkyl halides is 3. The van der Waals surface area contributed by atoms with E-state index in [-0.39, 0.29) is 24.4 Å². The highest BCUT2D eigenvalue weighted by Gasteiger charge is 2.31. The number of aromatic nitrogens is 3. The Bertz CT molecular complexity index is 981. The Kier molecular flexibility index (Phi) is 5.71. The first-order chi connectivity index (χ1) is 14.4. The first kappa shape index (κ1) is 20.3. The van der Waals surface area contributed by atoms with Crippen molar-refractivity contribution in [1.29, 1.82) is 0 Å². The van der Waals surface area contributed by atoms with Crippen molar-refractivity contribution in [3.8, 4) is 11.4 Å². The fourth-order valence-corrected chi connectivity index (χ4v) is 3.79. The molecule has 30 heavy (non-hydrogen) atoms. The lowest BCUT2D eigenvalue weighted by molar-refractivity contribution is -0.151. The maximum absolute atomic E-state index is 12.7. The molecule has 0 aliphatic carbocycles. The summed E-state index contributed by atoms with van der Waals surface area (Å²) < 4.78 is 48.4. The van der Waals surface area contributed by atoms with Gasteiger partial charge in [-0.3, -0.25) is 4.79 Å². The number of carbonyl (C=O) groups is 1. The van der Waals surface area contributed by atoms with Crippen molar-refractivity contribution >= 4 is 23.1 Å². The Morgan fingerprint density at radius 1 is 1.27 bits per heavy atom. The van der Waals surface area contributed by atoms with Gasteiger partial charge < -0.3 is 14.2 Å². The van der Waals surface area contributed by atoms with Crippen LogP contribution in [0.15, 0.2) is 39.7 Å². The number of carbonyl (C=O) groups excluding carboxylic acids is 1. The first-order valence-electron chi connectivity index (χ1n) is 9.20. The van der Waals surface area contributed by atoms with E-state index < -0.39 is 11.7 Å². The molecular weight excluding hydrogens is 421 g/mol. The molecule has 0 amide bonds. The minimum absolute atomic E-state index is 0.101. The summed E-state index contributed by atoms with van der Waals surface area (Å²) in [6.07, 6.45) is -2.55. The van der Waals surface area contributed by atoms with Gasteiger partial charge in [0.25, 0.3) is 5.89 Å². The number of esters is 1. The minimum atomic E-state index is -4.41. The number of anilines is 1. The number of hydrogen-bond donors (Lipinski definition) is 0. The second-order valence-corrected chi connectivity index (χ2v) is 7.58. The lowest BCUT2D eigenvalue weighted by Crippen LogP contribution is -2.37. The normalized spacial score (nSPS) is 15.4. The molecule has 1 aliphatic heterocycles. The lowest BCUT2D eigenvalue weighted by atomic mass is 9.97. The molecule has 3 aromatic rings. The van der Waals surface area contributed by atoms with Crippen molar-refractivity contribution in [2.75, 3.05) is 18.0 Å². The van der Waals surface area contributed by atoms with Crippen LogP contribution in [0.25, 0.3) is 11.4 Å². The number of piperidine rings is 1. The summed E-state index contributed by atoms with van der Waals surface area (Å²) in [5.41, 5.74) is 0.0541. The molecule has 1 fully saturated rings. The zero-order valence-electron chi connectivity index (χ0n) is 15.6. The topological polar surface area (TPSA) is 81.3 Å². The van der Waals surface area contributed by atoms with Gasteiger partial charge in [0.2, 0.25) is 5.82 Å². The van der Waals surface area contributed by atoms with Crippen LogP contribution in [-0.2, 0) is 22.3 Å². The third kappa shape index (κ3) is 4.61. The second-order valence-electron chi connectivity index (χ2n) is 6.80. The molecule has 0 spiro atoms. The predicted molar refractivity (Wildman–Crippen MR) is 102 cm³/mol. The van der Waals surface area contributed by atoms with Gasteiger partial charge in [0.05, 0.1) is 11.5 Å². The molecule has 0 N–H and O–H groups in total. The van der Waals surface area contributed by atoms with Gasteiger partial charge in [-0.05, 0) is 36.4 Å². The Morgan fingerprint density at radius 2 is 2.07 bits per heavy atom. The zero-order valence-corrected chi connectivity index (χ0v) is 16.4. The van der Waals surface area contributed by atoms with Crippen LogP contribution in [0, 0.1) is 5.92 Å². The van der Waals surface area contributed by atoms with Crippen molar-refractivity contribution < 1.29 is 27.2 Å². The summed E-state index contributed by atoms with van der Waals surface area (Å²) in [5.74, 6) is 0.470. The third-order valence-corrected chi connectivity index (χ3v) is 5.50. The van der Waals surface area contributed by atoms with E-state index in [0.717, 1.165) is 17.8 Å². The molecule has 158 valence electrons. The molecule has 1 aliphatic rings. The molecule has 0 radical (unpaired) electrons. The summed E-state index contributed by atoms with van der Waals surface area (Å²) in [6.45, 7) is 0.901. The van der Waals surface area contributed by atoms with Crippen molar-refractivity contribution in [2.45, 2.75) is 25.6 Å². The molecule has 0 unspecified atom stereocenters. The van der Waals surface area contributed by atoms with Crippen molar-refractivity contribution in [1.82, 2.24) is 15.1 Å². The summed E-state index contributed by atoms with van der Waals surface area (Å²) in [5, 5.41) is 7.65. The molecular formula is C19H17F3N4O3S. The standard InChI is InChI=1S/C19H17F3N4O3S/c20-19(21,22)14-1-2-15(23-9-14)26-6-3-12(4-7-26)18(27)28-10-16-24-17(25-29-16)13-5-8-30-11-13/h1-2,5,8-9,11-12H,3-4,6-7,10H2. The highest BCUT2D eigenvalue weighted by molar-refractivity contribution is 7.08. The largest absolute Gasteiger partial charge is 0.455 e. The molecule has 4 rings (SSSR count). The lowest BCUT2D eigenvalue weighted by Gasteiger charge is -2.31. The van der Waals surface area contributed by atoms with Crippen molar-refractivity contribution in [3.63, 3.8) is 0 Å². The van der Waals surface area contributed by atoms with Crippen LogP contribution in [0.2, 0.25) is 0 Å². The number of ether oxygens (including phenoxy) is 1. The molecule has 0 atom stereocenters. The Morgan fingerprint density at radius 3 is 2.70 bits per heavy atom. The van der Waals surface area contributed by atoms with E-state index >= 15 is 0 Å². The van der Waals surface area contributed by atoms with Gasteiger partial charge in [0.15, 0.2) is 6.61 Å². The number of hydrogen-bond acceptors (Lipinski definition) is 8. The van der Waals surface area contributed by atoms with Crippen molar-refractivity contribution in [2.24, 2.45) is 5.92 Å². The predicted octanol–water partition coefficient (Wildman–Crippen LogP) is 4.17. The minimum Gasteiger partial charge on any atom is -0.455 e. The summed E-state index contributed by atoms with van der Waals surface area (Å²) in [6, 6.07) is 4.23. The van der Waals surface area contributed by atoms with Crippen LogP contribution in [0.4, 0.5) is 19.0 Å². The molecule has 4 heterocycles. The van der Waals surface area contributed by atoms with Crippen LogP contribution in [0.3, 0.4) is 0 Å². The molecule has 0 aromatic carbocycles. The second kappa shape index (κ2) is 8.42. The molecule has 3 aromatic heterocycles. The third-order valence-electron chi connectivity index (χ3n) is 4.81. The summed E-state index contributed by atoms with van der Waals surface area (Å²) >= 11 is 1.52. The molecule has 1 saturated heterocycles. The van der Waals surface area contributed by atoms with Crippen LogP contribution < -0.4 is 4.90 Å². The van der Waals surface area contributed by atoms with Gasteiger partial charge >= 0.3 is 12.1 Å². The summed E-state index contributed by atoms with van der Waals surface area (Å²) in [4.78, 5) is 22.3. The maximum atomic E-state index is 12.7. The number of thiophene rings is 1. The Hall–Kier alpha value is -2.95. The molecule has 7 nitrogen and oxygen atoms in total. The van der Waals surface area contributed by atoms with E-state index in [2.05, 4.69) is 15.1 Å². The number of halogens is 3. The van der Waals surface area contributed by atoms with E-state index in [1.165, 1.54) is 17.4 Å². The van der Waals surface area contributed by atoms with E-state index in [0.29, 0.717) is 37.6 Å². The fourth-order valence-electron chi connectivity index (χ4n) is 3.16. The van der Waals surface area contributed by atoms with Crippen LogP contribution in [0.1, 0.15) is 24.3 Å². The summed E-state index contributed by atoms with van der Waals surface area (Å²) in [7, 11) is 0. The molecule has 0 bridgehead atoms. The smallest absolute Gasteiger partial charge is 0.417 e. The quantitative estimate of drug-likeness (QED) is 0.553. The van der Waals surface area contributed by atoms with Crippen LogP contribution in [0.5, 0.6) is 0 Å². The monoisotopic (exact) mass is 438 g/mol. The average Bonchev–Trinajstić information content (AvgIpc) is 3.43. The molecule has 11 heteroatoms. The molecule has 0 saturated carbocycles. The highest BCUT2D eigenvalue weighted by Crippen LogP contribution is 2.30. The van der Waals surface area contributed by atoms with Gasteiger partial charge in [0, 0.05) is 30.2 Å². The first-order valence-corrected chi connectivity index (χ1v) is 10.1. The zero-order chi connectivity index (χ0) is 21.1.